The van der Waals surface area contributed by atoms with Gasteiger partial charge in [0.1, 0.15) is 23.2 Å². The van der Waals surface area contributed by atoms with Crippen molar-refractivity contribution in [2.75, 3.05) is 0 Å². The highest BCUT2D eigenvalue weighted by molar-refractivity contribution is 5.86. The highest BCUT2D eigenvalue weighted by Gasteiger charge is 2.31. The Kier molecular flexibility index (Phi) is 5.75. The van der Waals surface area contributed by atoms with E-state index in [4.69, 9.17) is 0 Å². The maximum atomic E-state index is 15.2. The van der Waals surface area contributed by atoms with Crippen molar-refractivity contribution in [3.05, 3.63) is 88.2 Å². The summed E-state index contributed by atoms with van der Waals surface area (Å²) in [6.07, 6.45) is -2.22. The Morgan fingerprint density at radius 2 is 1.53 bits per heavy atom. The van der Waals surface area contributed by atoms with Crippen LogP contribution in [0.15, 0.2) is 48.5 Å². The molecule has 3 aromatic rings. The van der Waals surface area contributed by atoms with E-state index < -0.39 is 29.6 Å². The van der Waals surface area contributed by atoms with E-state index in [1.807, 2.05) is 0 Å². The Morgan fingerprint density at radius 3 is 2.12 bits per heavy atom. The summed E-state index contributed by atoms with van der Waals surface area (Å²) in [7, 11) is 0. The summed E-state index contributed by atoms with van der Waals surface area (Å²) in [6.45, 7) is 1.81. The van der Waals surface area contributed by atoms with Crippen molar-refractivity contribution in [2.24, 2.45) is 0 Å². The smallest absolute Gasteiger partial charge is 0.406 e. The van der Waals surface area contributed by atoms with Gasteiger partial charge in [0, 0.05) is 11.1 Å². The van der Waals surface area contributed by atoms with Crippen LogP contribution in [-0.4, -0.2) is 6.36 Å². The molecule has 4 rings (SSSR count). The van der Waals surface area contributed by atoms with Crippen LogP contribution in [0.25, 0.3) is 22.8 Å². The van der Waals surface area contributed by atoms with Crippen LogP contribution in [0.3, 0.4) is 0 Å². The van der Waals surface area contributed by atoms with Crippen molar-refractivity contribution in [1.82, 2.24) is 0 Å². The first kappa shape index (κ1) is 22.0. The Morgan fingerprint density at radius 1 is 0.875 bits per heavy atom. The van der Waals surface area contributed by atoms with Crippen LogP contribution in [0.5, 0.6) is 5.75 Å². The van der Waals surface area contributed by atoms with Crippen LogP contribution in [0.2, 0.25) is 0 Å². The Balaban J connectivity index is 1.67. The molecule has 1 nitrogen and oxygen atoms in total. The SMILES string of the molecule is CCc1cc(F)c(C2=Cc3ccc(-c4ccc(OC(F)(F)F)cc4)c(F)c3CC2)c(F)c1. The quantitative estimate of drug-likeness (QED) is 0.371. The van der Waals surface area contributed by atoms with Gasteiger partial charge in [-0.25, -0.2) is 13.2 Å². The monoisotopic (exact) mass is 448 g/mol. The number of aryl methyl sites for hydroxylation is 1. The second-order valence-corrected chi connectivity index (χ2v) is 7.52. The van der Waals surface area contributed by atoms with Crippen LogP contribution in [0.4, 0.5) is 26.3 Å². The van der Waals surface area contributed by atoms with E-state index in [0.717, 1.165) is 12.1 Å². The van der Waals surface area contributed by atoms with Crippen molar-refractivity contribution >= 4 is 11.6 Å². The largest absolute Gasteiger partial charge is 0.573 e. The molecule has 0 heterocycles. The number of rotatable bonds is 4. The third-order valence-electron chi connectivity index (χ3n) is 5.48. The first-order chi connectivity index (χ1) is 15.2. The molecule has 0 fully saturated rings. The molecule has 0 spiro atoms. The van der Waals surface area contributed by atoms with Crippen molar-refractivity contribution < 1.29 is 31.1 Å². The molecule has 0 saturated carbocycles. The number of allylic oxidation sites excluding steroid dienone is 1. The van der Waals surface area contributed by atoms with Gasteiger partial charge in [0.15, 0.2) is 0 Å². The Labute approximate surface area is 181 Å². The van der Waals surface area contributed by atoms with Gasteiger partial charge in [0.05, 0.1) is 0 Å². The Bertz CT molecular complexity index is 1170. The number of benzene rings is 3. The lowest BCUT2D eigenvalue weighted by atomic mass is 9.86. The fourth-order valence-electron chi connectivity index (χ4n) is 3.94. The molecule has 0 bridgehead atoms. The van der Waals surface area contributed by atoms with E-state index in [1.165, 1.54) is 30.3 Å². The van der Waals surface area contributed by atoms with Crippen LogP contribution in [-0.2, 0) is 12.8 Å². The molecule has 0 unspecified atom stereocenters. The fraction of sp³-hybridized carbons (Fsp3) is 0.200. The molecular weight excluding hydrogens is 430 g/mol. The number of alkyl halides is 3. The zero-order valence-electron chi connectivity index (χ0n) is 17.0. The van der Waals surface area contributed by atoms with Gasteiger partial charge in [0.25, 0.3) is 0 Å². The third kappa shape index (κ3) is 4.38. The molecule has 1 aliphatic rings. The molecule has 0 N–H and O–H groups in total. The van der Waals surface area contributed by atoms with Crippen molar-refractivity contribution in [1.29, 1.82) is 0 Å². The van der Waals surface area contributed by atoms with Crippen molar-refractivity contribution in [3.63, 3.8) is 0 Å². The van der Waals surface area contributed by atoms with Gasteiger partial charge in [-0.1, -0.05) is 37.3 Å². The van der Waals surface area contributed by atoms with Crippen LogP contribution < -0.4 is 4.74 Å². The normalized spacial score (nSPS) is 13.5. The summed E-state index contributed by atoms with van der Waals surface area (Å²) in [5.74, 6) is -2.19. The first-order valence-corrected chi connectivity index (χ1v) is 10.0. The van der Waals surface area contributed by atoms with E-state index in [2.05, 4.69) is 4.74 Å². The van der Waals surface area contributed by atoms with Gasteiger partial charge in [0.2, 0.25) is 0 Å². The second kappa shape index (κ2) is 8.37. The van der Waals surface area contributed by atoms with Gasteiger partial charge >= 0.3 is 6.36 Å². The lowest BCUT2D eigenvalue weighted by Crippen LogP contribution is -2.16. The maximum Gasteiger partial charge on any atom is 0.573 e. The molecule has 1 aliphatic carbocycles. The predicted octanol–water partition coefficient (Wildman–Crippen LogP) is 7.72. The number of hydrogen-bond donors (Lipinski definition) is 0. The molecule has 166 valence electrons. The molecule has 0 radical (unpaired) electrons. The lowest BCUT2D eigenvalue weighted by Gasteiger charge is -2.20. The molecule has 32 heavy (non-hydrogen) atoms. The van der Waals surface area contributed by atoms with E-state index in [9.17, 15) is 22.0 Å². The molecule has 0 aliphatic heterocycles. The lowest BCUT2D eigenvalue weighted by molar-refractivity contribution is -0.274. The minimum Gasteiger partial charge on any atom is -0.406 e. The average molecular weight is 448 g/mol. The summed E-state index contributed by atoms with van der Waals surface area (Å²) >= 11 is 0. The third-order valence-corrected chi connectivity index (χ3v) is 5.48. The molecule has 0 saturated heterocycles. The zero-order chi connectivity index (χ0) is 23.0. The Hall–Kier alpha value is -3.22. The van der Waals surface area contributed by atoms with Gasteiger partial charge in [-0.15, -0.1) is 13.2 Å². The molecular formula is C25H18F6O. The predicted molar refractivity (Wildman–Crippen MR) is 110 cm³/mol. The number of hydrogen-bond acceptors (Lipinski definition) is 1. The van der Waals surface area contributed by atoms with Gasteiger partial charge in [-0.2, -0.15) is 0 Å². The maximum absolute atomic E-state index is 15.2. The van der Waals surface area contributed by atoms with Crippen molar-refractivity contribution in [2.45, 2.75) is 32.5 Å². The highest BCUT2D eigenvalue weighted by atomic mass is 19.4. The molecule has 0 aromatic heterocycles. The average Bonchev–Trinajstić information content (AvgIpc) is 2.73. The molecule has 3 aromatic carbocycles. The fourth-order valence-corrected chi connectivity index (χ4v) is 3.94. The summed E-state index contributed by atoms with van der Waals surface area (Å²) in [5, 5.41) is 0. The summed E-state index contributed by atoms with van der Waals surface area (Å²) in [6, 6.07) is 10.7. The van der Waals surface area contributed by atoms with Gasteiger partial charge in [-0.3, -0.25) is 0 Å². The van der Waals surface area contributed by atoms with Gasteiger partial charge < -0.3 is 4.74 Å². The minimum absolute atomic E-state index is 0.0995. The first-order valence-electron chi connectivity index (χ1n) is 10.0. The minimum atomic E-state index is -4.81. The summed E-state index contributed by atoms with van der Waals surface area (Å²) in [5.41, 5.74) is 2.44. The van der Waals surface area contributed by atoms with Crippen LogP contribution in [0, 0.1) is 17.5 Å². The molecule has 7 heteroatoms. The van der Waals surface area contributed by atoms with E-state index in [1.54, 1.807) is 19.1 Å². The van der Waals surface area contributed by atoms with E-state index >= 15 is 4.39 Å². The van der Waals surface area contributed by atoms with Gasteiger partial charge in [-0.05, 0) is 71.4 Å². The van der Waals surface area contributed by atoms with Crippen LogP contribution in [0.1, 0.15) is 35.6 Å². The zero-order valence-corrected chi connectivity index (χ0v) is 17.0. The molecule has 0 atom stereocenters. The number of halogens is 6. The van der Waals surface area contributed by atoms with E-state index in [-0.39, 0.29) is 24.0 Å². The highest BCUT2D eigenvalue weighted by Crippen LogP contribution is 2.37. The second-order valence-electron chi connectivity index (χ2n) is 7.52. The van der Waals surface area contributed by atoms with Crippen LogP contribution >= 0.6 is 0 Å². The van der Waals surface area contributed by atoms with E-state index in [0.29, 0.717) is 34.2 Å². The summed E-state index contributed by atoms with van der Waals surface area (Å²) < 4.78 is 85.1. The standard InChI is InChI=1S/C25H18F6O/c1-2-14-11-21(26)23(22(27)12-14)17-6-10-20-16(13-17)5-9-19(24(20)28)15-3-7-18(8-4-15)32-25(29,30)31/h3-5,7-9,11-13H,2,6,10H2,1H3. The molecule has 0 amide bonds. The number of fused-ring (bicyclic) bond motifs is 1. The number of ether oxygens (including phenoxy) is 1. The summed E-state index contributed by atoms with van der Waals surface area (Å²) in [4.78, 5) is 0. The topological polar surface area (TPSA) is 9.23 Å². The van der Waals surface area contributed by atoms with Crippen molar-refractivity contribution in [3.8, 4) is 16.9 Å².